The van der Waals surface area contributed by atoms with Gasteiger partial charge in [0.1, 0.15) is 0 Å². The molecule has 2 N–H and O–H groups in total. The Morgan fingerprint density at radius 2 is 2.10 bits per heavy atom. The molecular weight excluding hydrogens is 250 g/mol. The summed E-state index contributed by atoms with van der Waals surface area (Å²) in [5.41, 5.74) is 6.45. The lowest BCUT2D eigenvalue weighted by Crippen LogP contribution is -2.50. The molecule has 0 aromatic rings. The van der Waals surface area contributed by atoms with Crippen molar-refractivity contribution in [3.05, 3.63) is 0 Å². The molecule has 1 aliphatic rings. The van der Waals surface area contributed by atoms with Gasteiger partial charge in [0.25, 0.3) is 0 Å². The first-order valence-corrected chi connectivity index (χ1v) is 7.94. The van der Waals surface area contributed by atoms with Crippen molar-refractivity contribution in [2.24, 2.45) is 28.5 Å². The monoisotopic (exact) mass is 283 g/mol. The van der Waals surface area contributed by atoms with Gasteiger partial charge in [0.2, 0.25) is 0 Å². The third-order valence-electron chi connectivity index (χ3n) is 4.82. The minimum absolute atomic E-state index is 0.0975. The predicted molar refractivity (Wildman–Crippen MR) is 86.1 cm³/mol. The molecule has 0 saturated carbocycles. The summed E-state index contributed by atoms with van der Waals surface area (Å²) in [6.45, 7) is 13.0. The molecule has 4 nitrogen and oxygen atoms in total. The Kier molecular flexibility index (Phi) is 7.70. The Morgan fingerprint density at radius 3 is 2.65 bits per heavy atom. The van der Waals surface area contributed by atoms with Crippen molar-refractivity contribution in [2.45, 2.75) is 52.3 Å². The third-order valence-corrected chi connectivity index (χ3v) is 4.82. The Balaban J connectivity index is 2.80. The molecule has 4 heteroatoms. The quantitative estimate of drug-likeness (QED) is 0.788. The SMILES string of the molecule is C=NCCN1CC(OC)CC(C(C)C)CCC(C)C1N. The number of hydrogen-bond acceptors (Lipinski definition) is 4. The van der Waals surface area contributed by atoms with Gasteiger partial charge in [-0.25, -0.2) is 0 Å². The average Bonchev–Trinajstić information content (AvgIpc) is 2.48. The van der Waals surface area contributed by atoms with E-state index in [1.165, 1.54) is 12.8 Å². The van der Waals surface area contributed by atoms with Gasteiger partial charge in [0.15, 0.2) is 0 Å². The summed E-state index contributed by atoms with van der Waals surface area (Å²) in [6.07, 6.45) is 3.94. The number of hydrogen-bond donors (Lipinski definition) is 1. The second-order valence-corrected chi connectivity index (χ2v) is 6.58. The molecule has 0 amide bonds. The van der Waals surface area contributed by atoms with Crippen molar-refractivity contribution >= 4 is 6.72 Å². The van der Waals surface area contributed by atoms with Gasteiger partial charge in [-0.05, 0) is 43.7 Å². The maximum Gasteiger partial charge on any atom is 0.0701 e. The van der Waals surface area contributed by atoms with Gasteiger partial charge in [-0.3, -0.25) is 9.89 Å². The van der Waals surface area contributed by atoms with Crippen molar-refractivity contribution in [1.82, 2.24) is 4.90 Å². The molecule has 1 rings (SSSR count). The van der Waals surface area contributed by atoms with Crippen molar-refractivity contribution < 1.29 is 4.74 Å². The van der Waals surface area contributed by atoms with E-state index in [0.717, 1.165) is 32.0 Å². The molecule has 1 saturated heterocycles. The van der Waals surface area contributed by atoms with Gasteiger partial charge < -0.3 is 10.5 Å². The predicted octanol–water partition coefficient (Wildman–Crippen LogP) is 2.38. The Bertz CT molecular complexity index is 283. The molecule has 118 valence electrons. The van der Waals surface area contributed by atoms with E-state index in [4.69, 9.17) is 10.5 Å². The van der Waals surface area contributed by atoms with Crippen LogP contribution in [-0.2, 0) is 4.74 Å². The van der Waals surface area contributed by atoms with Crippen LogP contribution in [0.2, 0.25) is 0 Å². The van der Waals surface area contributed by atoms with E-state index in [1.807, 2.05) is 7.11 Å². The first-order valence-electron chi connectivity index (χ1n) is 7.94. The van der Waals surface area contributed by atoms with Crippen LogP contribution in [0.3, 0.4) is 0 Å². The number of rotatable bonds is 5. The Hall–Kier alpha value is -0.450. The molecule has 1 heterocycles. The summed E-state index contributed by atoms with van der Waals surface area (Å²) in [5, 5.41) is 0. The molecular formula is C16H33N3O. The van der Waals surface area contributed by atoms with Crippen LogP contribution in [0.1, 0.15) is 40.0 Å². The lowest BCUT2D eigenvalue weighted by atomic mass is 9.84. The van der Waals surface area contributed by atoms with Crippen LogP contribution >= 0.6 is 0 Å². The topological polar surface area (TPSA) is 50.8 Å². The summed E-state index contributed by atoms with van der Waals surface area (Å²) < 4.78 is 5.71. The maximum atomic E-state index is 6.45. The summed E-state index contributed by atoms with van der Waals surface area (Å²) in [6, 6.07) is 0. The number of ether oxygens (including phenoxy) is 1. The van der Waals surface area contributed by atoms with Gasteiger partial charge in [-0.15, -0.1) is 0 Å². The fraction of sp³-hybridized carbons (Fsp3) is 0.938. The summed E-state index contributed by atoms with van der Waals surface area (Å²) >= 11 is 0. The lowest BCUT2D eigenvalue weighted by Gasteiger charge is -2.33. The van der Waals surface area contributed by atoms with Gasteiger partial charge >= 0.3 is 0 Å². The number of methoxy groups -OCH3 is 1. The molecule has 0 aromatic heterocycles. The van der Waals surface area contributed by atoms with E-state index < -0.39 is 0 Å². The zero-order valence-corrected chi connectivity index (χ0v) is 13.7. The van der Waals surface area contributed by atoms with Crippen LogP contribution < -0.4 is 5.73 Å². The molecule has 4 atom stereocenters. The number of nitrogens with zero attached hydrogens (tertiary/aromatic N) is 2. The Labute approximate surface area is 124 Å². The third kappa shape index (κ3) is 5.15. The van der Waals surface area contributed by atoms with Crippen LogP contribution in [0.25, 0.3) is 0 Å². The average molecular weight is 283 g/mol. The molecule has 0 spiro atoms. The van der Waals surface area contributed by atoms with Crippen molar-refractivity contribution in [3.63, 3.8) is 0 Å². The highest BCUT2D eigenvalue weighted by atomic mass is 16.5. The normalized spacial score (nSPS) is 33.5. The molecule has 4 unspecified atom stereocenters. The van der Waals surface area contributed by atoms with E-state index >= 15 is 0 Å². The lowest BCUT2D eigenvalue weighted by molar-refractivity contribution is 0.0294. The fourth-order valence-corrected chi connectivity index (χ4v) is 3.14. The molecule has 0 aliphatic carbocycles. The van der Waals surface area contributed by atoms with Gasteiger partial charge in [0, 0.05) is 20.2 Å². The molecule has 0 radical (unpaired) electrons. The zero-order valence-electron chi connectivity index (χ0n) is 13.7. The highest BCUT2D eigenvalue weighted by Crippen LogP contribution is 2.29. The van der Waals surface area contributed by atoms with Crippen LogP contribution in [-0.4, -0.2) is 50.6 Å². The van der Waals surface area contributed by atoms with Gasteiger partial charge in [0.05, 0.1) is 18.8 Å². The minimum atomic E-state index is 0.0975. The van der Waals surface area contributed by atoms with E-state index in [2.05, 4.69) is 37.4 Å². The van der Waals surface area contributed by atoms with Gasteiger partial charge in [-0.1, -0.05) is 20.8 Å². The number of nitrogens with two attached hydrogens (primary N) is 1. The number of aliphatic imine (C=N–C) groups is 1. The van der Waals surface area contributed by atoms with E-state index in [0.29, 0.717) is 11.8 Å². The van der Waals surface area contributed by atoms with Gasteiger partial charge in [-0.2, -0.15) is 0 Å². The summed E-state index contributed by atoms with van der Waals surface area (Å²) in [7, 11) is 1.82. The van der Waals surface area contributed by atoms with Crippen LogP contribution in [0.15, 0.2) is 4.99 Å². The van der Waals surface area contributed by atoms with Crippen LogP contribution in [0.5, 0.6) is 0 Å². The zero-order chi connectivity index (χ0) is 15.1. The highest BCUT2D eigenvalue weighted by Gasteiger charge is 2.29. The van der Waals surface area contributed by atoms with Crippen LogP contribution in [0.4, 0.5) is 0 Å². The van der Waals surface area contributed by atoms with Crippen LogP contribution in [0, 0.1) is 17.8 Å². The molecule has 0 bridgehead atoms. The van der Waals surface area contributed by atoms with E-state index in [1.54, 1.807) is 0 Å². The molecule has 1 aliphatic heterocycles. The second-order valence-electron chi connectivity index (χ2n) is 6.58. The first-order chi connectivity index (χ1) is 9.49. The summed E-state index contributed by atoms with van der Waals surface area (Å²) in [5.74, 6) is 1.95. The first kappa shape index (κ1) is 17.6. The van der Waals surface area contributed by atoms with E-state index in [9.17, 15) is 0 Å². The largest absolute Gasteiger partial charge is 0.380 e. The van der Waals surface area contributed by atoms with E-state index in [-0.39, 0.29) is 12.3 Å². The van der Waals surface area contributed by atoms with Crippen molar-refractivity contribution in [3.8, 4) is 0 Å². The minimum Gasteiger partial charge on any atom is -0.380 e. The van der Waals surface area contributed by atoms with Crippen molar-refractivity contribution in [2.75, 3.05) is 26.7 Å². The Morgan fingerprint density at radius 1 is 1.40 bits per heavy atom. The fourth-order valence-electron chi connectivity index (χ4n) is 3.14. The molecule has 0 aromatic carbocycles. The van der Waals surface area contributed by atoms with Crippen molar-refractivity contribution in [1.29, 1.82) is 0 Å². The second kappa shape index (κ2) is 8.75. The molecule has 20 heavy (non-hydrogen) atoms. The smallest absolute Gasteiger partial charge is 0.0701 e. The standard InChI is InChI=1S/C16H33N3O/c1-12(2)14-7-6-13(3)16(17)19(9-8-18-4)11-15(10-14)20-5/h12-16H,4,6-11,17H2,1-3,5H3. The molecule has 1 fully saturated rings. The highest BCUT2D eigenvalue weighted by molar-refractivity contribution is 5.23. The maximum absolute atomic E-state index is 6.45. The summed E-state index contributed by atoms with van der Waals surface area (Å²) in [4.78, 5) is 6.30.